The highest BCUT2D eigenvalue weighted by atomic mass is 32.1. The van der Waals surface area contributed by atoms with Crippen LogP contribution in [0.4, 0.5) is 11.4 Å². The molecule has 2 aliphatic heterocycles. The first kappa shape index (κ1) is 26.5. The van der Waals surface area contributed by atoms with Crippen LogP contribution in [0.15, 0.2) is 66.9 Å². The van der Waals surface area contributed by atoms with Crippen LogP contribution in [0, 0.1) is 34.6 Å². The SMILES string of the molecule is Cc1cc(C)c(-n2c(C)cc(C3C(c4ccccn4)NC(=S)N3c3ccc(N4CCOCC4)cc3)c2C)c(C)c1. The third kappa shape index (κ3) is 4.67. The zero-order valence-electron chi connectivity index (χ0n) is 23.9. The van der Waals surface area contributed by atoms with Crippen molar-refractivity contribution in [3.05, 3.63) is 106 Å². The number of aromatic nitrogens is 2. The molecule has 0 amide bonds. The maximum atomic E-state index is 6.02. The molecule has 2 aliphatic rings. The standard InChI is InChI=1S/C33H37N5OS/c1-21-18-22(2)31(23(3)19-21)37-24(4)20-28(25(37)5)32-30(29-8-6-7-13-34-29)35-33(40)38(32)27-11-9-26(10-12-27)36-14-16-39-17-15-36/h6-13,18-20,30,32H,14-17H2,1-5H3,(H,35,40). The van der Waals surface area contributed by atoms with Crippen LogP contribution in [0.25, 0.3) is 5.69 Å². The Morgan fingerprint density at radius 1 is 0.875 bits per heavy atom. The van der Waals surface area contributed by atoms with E-state index in [1.165, 1.54) is 45.0 Å². The minimum atomic E-state index is -0.0817. The Morgan fingerprint density at radius 2 is 1.55 bits per heavy atom. The summed E-state index contributed by atoms with van der Waals surface area (Å²) in [6, 6.07) is 21.6. The van der Waals surface area contributed by atoms with Crippen molar-refractivity contribution >= 4 is 28.7 Å². The summed E-state index contributed by atoms with van der Waals surface area (Å²) in [7, 11) is 0. The molecule has 0 aliphatic carbocycles. The number of ether oxygens (including phenoxy) is 1. The topological polar surface area (TPSA) is 45.6 Å². The van der Waals surface area contributed by atoms with Gasteiger partial charge in [-0.25, -0.2) is 0 Å². The van der Waals surface area contributed by atoms with Gasteiger partial charge in [0, 0.05) is 42.0 Å². The number of rotatable bonds is 5. The fraction of sp³-hybridized carbons (Fsp3) is 0.333. The Morgan fingerprint density at radius 3 is 2.20 bits per heavy atom. The molecule has 2 atom stereocenters. The van der Waals surface area contributed by atoms with Gasteiger partial charge >= 0.3 is 0 Å². The van der Waals surface area contributed by atoms with E-state index in [4.69, 9.17) is 21.9 Å². The fourth-order valence-corrected chi connectivity index (χ4v) is 6.90. The van der Waals surface area contributed by atoms with Crippen LogP contribution in [0.5, 0.6) is 0 Å². The van der Waals surface area contributed by atoms with Crippen molar-refractivity contribution in [3.63, 3.8) is 0 Å². The fourth-order valence-electron chi connectivity index (χ4n) is 6.55. The molecule has 2 saturated heterocycles. The monoisotopic (exact) mass is 551 g/mol. The Bertz CT molecular complexity index is 1520. The third-order valence-corrected chi connectivity index (χ3v) is 8.56. The van der Waals surface area contributed by atoms with Gasteiger partial charge in [0.25, 0.3) is 0 Å². The lowest BCUT2D eigenvalue weighted by atomic mass is 9.96. The quantitative estimate of drug-likeness (QED) is 0.289. The van der Waals surface area contributed by atoms with Crippen LogP contribution < -0.4 is 15.1 Å². The Balaban J connectivity index is 1.46. The molecular formula is C33H37N5OS. The van der Waals surface area contributed by atoms with Crippen LogP contribution in [-0.2, 0) is 4.74 Å². The van der Waals surface area contributed by atoms with Gasteiger partial charge in [-0.2, -0.15) is 0 Å². The minimum absolute atomic E-state index is 0.0531. The molecule has 0 saturated carbocycles. The maximum absolute atomic E-state index is 6.02. The van der Waals surface area contributed by atoms with Gasteiger partial charge in [-0.15, -0.1) is 0 Å². The number of nitrogens with zero attached hydrogens (tertiary/aromatic N) is 4. The molecule has 7 heteroatoms. The highest BCUT2D eigenvalue weighted by Gasteiger charge is 2.42. The van der Waals surface area contributed by atoms with Crippen molar-refractivity contribution in [2.45, 2.75) is 46.7 Å². The van der Waals surface area contributed by atoms with E-state index in [0.29, 0.717) is 5.11 Å². The van der Waals surface area contributed by atoms with Gasteiger partial charge in [0.1, 0.15) is 0 Å². The number of pyridine rings is 1. The van der Waals surface area contributed by atoms with Crippen LogP contribution in [-0.4, -0.2) is 41.0 Å². The summed E-state index contributed by atoms with van der Waals surface area (Å²) in [5.41, 5.74) is 12.1. The number of nitrogens with one attached hydrogen (secondary N) is 1. The molecule has 6 rings (SSSR count). The molecule has 0 spiro atoms. The largest absolute Gasteiger partial charge is 0.378 e. The van der Waals surface area contributed by atoms with Crippen molar-refractivity contribution in [2.75, 3.05) is 36.1 Å². The summed E-state index contributed by atoms with van der Waals surface area (Å²) >= 11 is 6.02. The van der Waals surface area contributed by atoms with Crippen molar-refractivity contribution in [2.24, 2.45) is 0 Å². The molecule has 4 aromatic rings. The lowest BCUT2D eigenvalue weighted by molar-refractivity contribution is 0.122. The Kier molecular flexibility index (Phi) is 7.11. The molecule has 2 aromatic heterocycles. The van der Waals surface area contributed by atoms with Gasteiger partial charge in [0.15, 0.2) is 5.11 Å². The first-order valence-corrected chi connectivity index (χ1v) is 14.4. The summed E-state index contributed by atoms with van der Waals surface area (Å²) in [5, 5.41) is 4.34. The van der Waals surface area contributed by atoms with Gasteiger partial charge < -0.3 is 24.4 Å². The van der Waals surface area contributed by atoms with Crippen molar-refractivity contribution in [1.82, 2.24) is 14.9 Å². The van der Waals surface area contributed by atoms with E-state index in [2.05, 4.69) is 103 Å². The Hall–Kier alpha value is -3.68. The van der Waals surface area contributed by atoms with E-state index >= 15 is 0 Å². The van der Waals surface area contributed by atoms with E-state index in [9.17, 15) is 0 Å². The van der Waals surface area contributed by atoms with Crippen molar-refractivity contribution in [3.8, 4) is 5.69 Å². The van der Waals surface area contributed by atoms with E-state index < -0.39 is 0 Å². The number of hydrogen-bond donors (Lipinski definition) is 1. The lowest BCUT2D eigenvalue weighted by Gasteiger charge is -2.31. The van der Waals surface area contributed by atoms with Crippen LogP contribution in [0.1, 0.15) is 51.4 Å². The molecule has 0 bridgehead atoms. The number of hydrogen-bond acceptors (Lipinski definition) is 4. The molecule has 2 fully saturated rings. The van der Waals surface area contributed by atoms with Gasteiger partial charge in [0.2, 0.25) is 0 Å². The average molecular weight is 552 g/mol. The second kappa shape index (κ2) is 10.7. The Labute approximate surface area is 242 Å². The van der Waals surface area contributed by atoms with Crippen molar-refractivity contribution in [1.29, 1.82) is 0 Å². The van der Waals surface area contributed by atoms with Gasteiger partial charge in [-0.05, 0) is 106 Å². The minimum Gasteiger partial charge on any atom is -0.378 e. The third-order valence-electron chi connectivity index (χ3n) is 8.25. The predicted molar refractivity (Wildman–Crippen MR) is 167 cm³/mol. The lowest BCUT2D eigenvalue weighted by Crippen LogP contribution is -2.36. The summed E-state index contributed by atoms with van der Waals surface area (Å²) in [6.45, 7) is 14.4. The van der Waals surface area contributed by atoms with E-state index in [-0.39, 0.29) is 12.1 Å². The summed E-state index contributed by atoms with van der Waals surface area (Å²) in [4.78, 5) is 9.41. The van der Waals surface area contributed by atoms with Gasteiger partial charge in [-0.3, -0.25) is 4.98 Å². The zero-order valence-corrected chi connectivity index (χ0v) is 24.8. The highest BCUT2D eigenvalue weighted by molar-refractivity contribution is 7.80. The average Bonchev–Trinajstić information content (AvgIpc) is 3.44. The number of anilines is 2. The zero-order chi connectivity index (χ0) is 28.0. The summed E-state index contributed by atoms with van der Waals surface area (Å²) in [6.07, 6.45) is 1.86. The molecule has 6 nitrogen and oxygen atoms in total. The van der Waals surface area contributed by atoms with E-state index in [1.807, 2.05) is 18.3 Å². The van der Waals surface area contributed by atoms with Crippen LogP contribution >= 0.6 is 12.2 Å². The molecule has 2 aromatic carbocycles. The number of benzene rings is 2. The second-order valence-electron chi connectivity index (χ2n) is 11.0. The van der Waals surface area contributed by atoms with Crippen LogP contribution in [0.2, 0.25) is 0 Å². The van der Waals surface area contributed by atoms with Crippen LogP contribution in [0.3, 0.4) is 0 Å². The maximum Gasteiger partial charge on any atom is 0.174 e. The van der Waals surface area contributed by atoms with E-state index in [1.54, 1.807) is 0 Å². The molecule has 1 N–H and O–H groups in total. The number of morpholine rings is 1. The molecule has 206 valence electrons. The summed E-state index contributed by atoms with van der Waals surface area (Å²) < 4.78 is 7.96. The highest BCUT2D eigenvalue weighted by Crippen LogP contribution is 2.44. The van der Waals surface area contributed by atoms with Crippen molar-refractivity contribution < 1.29 is 4.74 Å². The van der Waals surface area contributed by atoms with Gasteiger partial charge in [0.05, 0.1) is 36.7 Å². The molecule has 40 heavy (non-hydrogen) atoms. The van der Waals surface area contributed by atoms with Gasteiger partial charge in [-0.1, -0.05) is 23.8 Å². The molecule has 4 heterocycles. The first-order chi connectivity index (χ1) is 19.3. The molecule has 0 radical (unpaired) electrons. The molecular weight excluding hydrogens is 514 g/mol. The number of thiocarbonyl (C=S) groups is 1. The van der Waals surface area contributed by atoms with E-state index in [0.717, 1.165) is 37.7 Å². The normalized spacial score (nSPS) is 19.3. The first-order valence-electron chi connectivity index (χ1n) is 14.0. The number of aryl methyl sites for hydroxylation is 4. The summed E-state index contributed by atoms with van der Waals surface area (Å²) in [5.74, 6) is 0. The smallest absolute Gasteiger partial charge is 0.174 e. The predicted octanol–water partition coefficient (Wildman–Crippen LogP) is 6.43. The molecule has 2 unspecified atom stereocenters. The second-order valence-corrected chi connectivity index (χ2v) is 11.4.